The predicted molar refractivity (Wildman–Crippen MR) is 68.0 cm³/mol. The van der Waals surface area contributed by atoms with Gasteiger partial charge < -0.3 is 16.0 Å². The SMILES string of the molecule is CNC(=O)c1c(N)nsc1N(C)CC(C)C. The fraction of sp³-hybridized carbons (Fsp3) is 0.600. The first-order valence-electron chi connectivity index (χ1n) is 5.15. The quantitative estimate of drug-likeness (QED) is 0.831. The second-order valence-electron chi connectivity index (χ2n) is 4.10. The molecule has 1 aromatic rings. The summed E-state index contributed by atoms with van der Waals surface area (Å²) in [7, 11) is 3.53. The number of carbonyl (C=O) groups excluding carboxylic acids is 1. The third-order valence-corrected chi connectivity index (χ3v) is 3.12. The molecule has 1 amide bonds. The van der Waals surface area contributed by atoms with E-state index < -0.39 is 0 Å². The van der Waals surface area contributed by atoms with Crippen molar-refractivity contribution in [3.8, 4) is 0 Å². The van der Waals surface area contributed by atoms with E-state index in [9.17, 15) is 4.79 Å². The number of hydrogen-bond acceptors (Lipinski definition) is 5. The number of nitrogens with zero attached hydrogens (tertiary/aromatic N) is 2. The number of amides is 1. The van der Waals surface area contributed by atoms with Crippen molar-refractivity contribution in [2.24, 2.45) is 5.92 Å². The van der Waals surface area contributed by atoms with Gasteiger partial charge in [-0.3, -0.25) is 4.79 Å². The van der Waals surface area contributed by atoms with Crippen molar-refractivity contribution in [3.63, 3.8) is 0 Å². The average molecular weight is 242 g/mol. The van der Waals surface area contributed by atoms with Gasteiger partial charge in [0.1, 0.15) is 10.6 Å². The molecule has 0 unspecified atom stereocenters. The van der Waals surface area contributed by atoms with Crippen LogP contribution in [-0.4, -0.2) is 30.9 Å². The van der Waals surface area contributed by atoms with Crippen LogP contribution in [0.2, 0.25) is 0 Å². The zero-order valence-corrected chi connectivity index (χ0v) is 10.9. The summed E-state index contributed by atoms with van der Waals surface area (Å²) in [5.41, 5.74) is 6.18. The van der Waals surface area contributed by atoms with Crippen LogP contribution in [0.15, 0.2) is 0 Å². The summed E-state index contributed by atoms with van der Waals surface area (Å²) in [6.45, 7) is 5.12. The number of nitrogens with one attached hydrogen (secondary N) is 1. The first-order chi connectivity index (χ1) is 7.47. The summed E-state index contributed by atoms with van der Waals surface area (Å²) in [4.78, 5) is 13.7. The lowest BCUT2D eigenvalue weighted by molar-refractivity contribution is 0.0964. The molecule has 0 bridgehead atoms. The Morgan fingerprint density at radius 3 is 2.75 bits per heavy atom. The fourth-order valence-electron chi connectivity index (χ4n) is 1.52. The maximum Gasteiger partial charge on any atom is 0.257 e. The predicted octanol–water partition coefficient (Wildman–Crippen LogP) is 1.18. The number of hydrogen-bond donors (Lipinski definition) is 2. The van der Waals surface area contributed by atoms with Gasteiger partial charge in [0.05, 0.1) is 0 Å². The molecular weight excluding hydrogens is 224 g/mol. The number of nitrogens with two attached hydrogens (primary N) is 1. The zero-order chi connectivity index (χ0) is 12.3. The number of rotatable bonds is 4. The smallest absolute Gasteiger partial charge is 0.257 e. The summed E-state index contributed by atoms with van der Waals surface area (Å²) < 4.78 is 4.03. The molecule has 0 aliphatic carbocycles. The van der Waals surface area contributed by atoms with E-state index in [0.717, 1.165) is 11.5 Å². The van der Waals surface area contributed by atoms with E-state index in [2.05, 4.69) is 23.5 Å². The van der Waals surface area contributed by atoms with Gasteiger partial charge in [0, 0.05) is 20.6 Å². The highest BCUT2D eigenvalue weighted by molar-refractivity contribution is 7.11. The molecule has 0 aliphatic rings. The van der Waals surface area contributed by atoms with Crippen molar-refractivity contribution < 1.29 is 4.79 Å². The lowest BCUT2D eigenvalue weighted by Gasteiger charge is -2.20. The van der Waals surface area contributed by atoms with E-state index in [1.807, 2.05) is 11.9 Å². The topological polar surface area (TPSA) is 71.2 Å². The molecule has 0 aromatic carbocycles. The third-order valence-electron chi connectivity index (χ3n) is 2.14. The number of aromatic nitrogens is 1. The van der Waals surface area contributed by atoms with Crippen molar-refractivity contribution in [2.75, 3.05) is 31.3 Å². The van der Waals surface area contributed by atoms with Gasteiger partial charge in [0.15, 0.2) is 5.82 Å². The van der Waals surface area contributed by atoms with Crippen LogP contribution in [0.25, 0.3) is 0 Å². The van der Waals surface area contributed by atoms with Gasteiger partial charge >= 0.3 is 0 Å². The molecule has 1 rings (SSSR count). The van der Waals surface area contributed by atoms with Gasteiger partial charge in [-0.05, 0) is 17.5 Å². The Hall–Kier alpha value is -1.30. The largest absolute Gasteiger partial charge is 0.382 e. The van der Waals surface area contributed by atoms with Crippen LogP contribution in [0, 0.1) is 5.92 Å². The molecule has 0 fully saturated rings. The minimum absolute atomic E-state index is 0.183. The first-order valence-corrected chi connectivity index (χ1v) is 5.93. The molecule has 0 aliphatic heterocycles. The summed E-state index contributed by atoms with van der Waals surface area (Å²) in [6.07, 6.45) is 0. The molecule has 5 nitrogen and oxygen atoms in total. The van der Waals surface area contributed by atoms with Gasteiger partial charge in [-0.2, -0.15) is 4.37 Å². The van der Waals surface area contributed by atoms with Crippen molar-refractivity contribution in [1.29, 1.82) is 0 Å². The summed E-state index contributed by atoms with van der Waals surface area (Å²) in [6, 6.07) is 0. The Kier molecular flexibility index (Phi) is 4.12. The van der Waals surface area contributed by atoms with Gasteiger partial charge in [-0.15, -0.1) is 0 Å². The van der Waals surface area contributed by atoms with Gasteiger partial charge in [-0.25, -0.2) is 0 Å². The van der Waals surface area contributed by atoms with Crippen LogP contribution in [0.1, 0.15) is 24.2 Å². The molecular formula is C10H18N4OS. The highest BCUT2D eigenvalue weighted by Gasteiger charge is 2.21. The minimum atomic E-state index is -0.183. The van der Waals surface area contributed by atoms with Gasteiger partial charge in [0.25, 0.3) is 5.91 Å². The van der Waals surface area contributed by atoms with Crippen LogP contribution in [0.5, 0.6) is 0 Å². The van der Waals surface area contributed by atoms with Crippen molar-refractivity contribution in [1.82, 2.24) is 9.69 Å². The number of nitrogen functional groups attached to an aromatic ring is 1. The lowest BCUT2D eigenvalue weighted by Crippen LogP contribution is -2.26. The highest BCUT2D eigenvalue weighted by Crippen LogP contribution is 2.29. The number of carbonyl (C=O) groups is 1. The average Bonchev–Trinajstić information content (AvgIpc) is 2.58. The molecule has 0 radical (unpaired) electrons. The van der Waals surface area contributed by atoms with E-state index in [4.69, 9.17) is 5.73 Å². The third kappa shape index (κ3) is 2.63. The zero-order valence-electron chi connectivity index (χ0n) is 10.1. The van der Waals surface area contributed by atoms with Crippen LogP contribution in [0.3, 0.4) is 0 Å². The van der Waals surface area contributed by atoms with Crippen molar-refractivity contribution >= 4 is 28.3 Å². The molecule has 90 valence electrons. The standard InChI is InChI=1S/C10H18N4OS/c1-6(2)5-14(4)10-7(9(15)12-3)8(11)13-16-10/h6H,5H2,1-4H3,(H2,11,13)(H,12,15). The maximum absolute atomic E-state index is 11.7. The Morgan fingerprint density at radius 1 is 1.62 bits per heavy atom. The van der Waals surface area contributed by atoms with Gasteiger partial charge in [-0.1, -0.05) is 13.8 Å². The molecule has 0 saturated carbocycles. The molecule has 3 N–H and O–H groups in total. The highest BCUT2D eigenvalue weighted by atomic mass is 32.1. The van der Waals surface area contributed by atoms with Crippen LogP contribution >= 0.6 is 11.5 Å². The van der Waals surface area contributed by atoms with Crippen LogP contribution in [-0.2, 0) is 0 Å². The van der Waals surface area contributed by atoms with Crippen LogP contribution in [0.4, 0.5) is 10.8 Å². The Balaban J connectivity index is 3.00. The van der Waals surface area contributed by atoms with E-state index in [0.29, 0.717) is 17.3 Å². The van der Waals surface area contributed by atoms with E-state index in [1.165, 1.54) is 11.5 Å². The Bertz CT molecular complexity index is 375. The summed E-state index contributed by atoms with van der Waals surface area (Å²) >= 11 is 1.26. The van der Waals surface area contributed by atoms with E-state index in [1.54, 1.807) is 7.05 Å². The van der Waals surface area contributed by atoms with Crippen molar-refractivity contribution in [2.45, 2.75) is 13.8 Å². The normalized spacial score (nSPS) is 10.6. The molecule has 1 heterocycles. The lowest BCUT2D eigenvalue weighted by atomic mass is 10.2. The molecule has 6 heteroatoms. The monoisotopic (exact) mass is 242 g/mol. The second kappa shape index (κ2) is 5.16. The molecule has 0 spiro atoms. The Morgan fingerprint density at radius 2 is 2.25 bits per heavy atom. The van der Waals surface area contributed by atoms with Gasteiger partial charge in [0.2, 0.25) is 0 Å². The van der Waals surface area contributed by atoms with E-state index >= 15 is 0 Å². The van der Waals surface area contributed by atoms with Crippen LogP contribution < -0.4 is 16.0 Å². The first kappa shape index (κ1) is 12.8. The molecule has 0 saturated heterocycles. The molecule has 0 atom stereocenters. The van der Waals surface area contributed by atoms with E-state index in [-0.39, 0.29) is 5.91 Å². The Labute approximate surface area is 99.8 Å². The number of anilines is 2. The summed E-state index contributed by atoms with van der Waals surface area (Å²) in [5, 5.41) is 3.40. The fourth-order valence-corrected chi connectivity index (χ4v) is 2.30. The second-order valence-corrected chi connectivity index (χ2v) is 4.85. The van der Waals surface area contributed by atoms with Crippen molar-refractivity contribution in [3.05, 3.63) is 5.56 Å². The summed E-state index contributed by atoms with van der Waals surface area (Å²) in [5.74, 6) is 0.637. The molecule has 16 heavy (non-hydrogen) atoms. The maximum atomic E-state index is 11.7. The minimum Gasteiger partial charge on any atom is -0.382 e. The molecule has 1 aromatic heterocycles.